The highest BCUT2D eigenvalue weighted by molar-refractivity contribution is 9.10. The Morgan fingerprint density at radius 3 is 2.55 bits per heavy atom. The van der Waals surface area contributed by atoms with Crippen LogP contribution in [0.4, 0.5) is 18.9 Å². The molecule has 8 heteroatoms. The number of aromatic nitrogens is 1. The third kappa shape index (κ3) is 3.48. The smallest absolute Gasteiger partial charge is 0.436 e. The van der Waals surface area contributed by atoms with Gasteiger partial charge in [0.15, 0.2) is 5.58 Å². The molecule has 1 aromatic heterocycles. The van der Waals surface area contributed by atoms with Crippen molar-refractivity contribution in [2.75, 3.05) is 11.4 Å². The highest BCUT2D eigenvalue weighted by Crippen LogP contribution is 2.34. The van der Waals surface area contributed by atoms with Crippen molar-refractivity contribution in [2.45, 2.75) is 13.1 Å². The zero-order valence-electron chi connectivity index (χ0n) is 15.1. The summed E-state index contributed by atoms with van der Waals surface area (Å²) in [4.78, 5) is 16.8. The van der Waals surface area contributed by atoms with Crippen LogP contribution >= 0.6 is 15.9 Å². The fraction of sp³-hybridized carbons (Fsp3) is 0.143. The Morgan fingerprint density at radius 1 is 1.10 bits per heavy atom. The zero-order valence-corrected chi connectivity index (χ0v) is 16.7. The van der Waals surface area contributed by atoms with Crippen LogP contribution in [0.1, 0.15) is 6.92 Å². The molecule has 0 saturated carbocycles. The summed E-state index contributed by atoms with van der Waals surface area (Å²) in [6, 6.07) is 15.9. The predicted molar refractivity (Wildman–Crippen MR) is 109 cm³/mol. The van der Waals surface area contributed by atoms with Crippen molar-refractivity contribution in [3.05, 3.63) is 59.1 Å². The van der Waals surface area contributed by atoms with Crippen LogP contribution in [0.5, 0.6) is 0 Å². The van der Waals surface area contributed by atoms with E-state index in [1.54, 1.807) is 6.07 Å². The number of rotatable bonds is 3. The Kier molecular flexibility index (Phi) is 4.82. The second kappa shape index (κ2) is 7.18. The van der Waals surface area contributed by atoms with Gasteiger partial charge in [0.05, 0.1) is 0 Å². The quantitative estimate of drug-likeness (QED) is 0.357. The standard InChI is InChI=1S/C21H14BrF3N2O2/c1-2-27(20(28)21(23,24)25)12-9-10-17-18(11-12)29-19(26-17)15-7-3-6-14-13(15)5-4-8-16(14)22/h3-11H,2H2,1H3. The molecule has 0 aliphatic rings. The first-order valence-electron chi connectivity index (χ1n) is 8.76. The van der Waals surface area contributed by atoms with Crippen molar-refractivity contribution in [1.82, 2.24) is 4.98 Å². The van der Waals surface area contributed by atoms with Crippen molar-refractivity contribution in [3.8, 4) is 11.5 Å². The third-order valence-corrected chi connectivity index (χ3v) is 5.28. The van der Waals surface area contributed by atoms with Gasteiger partial charge >= 0.3 is 12.1 Å². The Morgan fingerprint density at radius 2 is 1.83 bits per heavy atom. The van der Waals surface area contributed by atoms with Gasteiger partial charge in [-0.25, -0.2) is 4.98 Å². The first kappa shape index (κ1) is 19.4. The Labute approximate surface area is 172 Å². The fourth-order valence-corrected chi connectivity index (χ4v) is 3.75. The summed E-state index contributed by atoms with van der Waals surface area (Å²) in [6.07, 6.45) is -4.95. The van der Waals surface area contributed by atoms with E-state index >= 15 is 0 Å². The highest BCUT2D eigenvalue weighted by atomic mass is 79.9. The van der Waals surface area contributed by atoms with Crippen LogP contribution in [-0.4, -0.2) is 23.6 Å². The number of hydrogen-bond acceptors (Lipinski definition) is 3. The van der Waals surface area contributed by atoms with Gasteiger partial charge in [-0.15, -0.1) is 0 Å². The maximum atomic E-state index is 12.9. The van der Waals surface area contributed by atoms with Gasteiger partial charge in [-0.1, -0.05) is 40.2 Å². The molecule has 1 heterocycles. The van der Waals surface area contributed by atoms with E-state index in [0.29, 0.717) is 21.9 Å². The van der Waals surface area contributed by atoms with Crippen LogP contribution in [0.3, 0.4) is 0 Å². The maximum Gasteiger partial charge on any atom is 0.471 e. The van der Waals surface area contributed by atoms with Crippen LogP contribution in [0.25, 0.3) is 33.3 Å². The van der Waals surface area contributed by atoms with Gasteiger partial charge in [-0.3, -0.25) is 4.79 Å². The molecule has 4 nitrogen and oxygen atoms in total. The molecule has 0 fully saturated rings. The number of anilines is 1. The molecule has 4 rings (SSSR count). The van der Waals surface area contributed by atoms with E-state index in [9.17, 15) is 18.0 Å². The molecule has 3 aromatic carbocycles. The molecule has 0 N–H and O–H groups in total. The van der Waals surface area contributed by atoms with Crippen LogP contribution < -0.4 is 4.90 Å². The minimum Gasteiger partial charge on any atom is -0.436 e. The molecule has 0 saturated heterocycles. The summed E-state index contributed by atoms with van der Waals surface area (Å²) < 4.78 is 45.4. The largest absolute Gasteiger partial charge is 0.471 e. The van der Waals surface area contributed by atoms with Gasteiger partial charge in [0.25, 0.3) is 0 Å². The number of amides is 1. The van der Waals surface area contributed by atoms with E-state index in [1.165, 1.54) is 19.1 Å². The van der Waals surface area contributed by atoms with Crippen LogP contribution in [0, 0.1) is 0 Å². The van der Waals surface area contributed by atoms with Gasteiger partial charge < -0.3 is 9.32 Å². The van der Waals surface area contributed by atoms with Gasteiger partial charge in [0, 0.05) is 28.3 Å². The summed E-state index contributed by atoms with van der Waals surface area (Å²) in [6.45, 7) is 1.36. The summed E-state index contributed by atoms with van der Waals surface area (Å²) in [5, 5.41) is 1.91. The van der Waals surface area contributed by atoms with Crippen molar-refractivity contribution in [1.29, 1.82) is 0 Å². The molecule has 148 valence electrons. The minimum absolute atomic E-state index is 0.102. The van der Waals surface area contributed by atoms with Gasteiger partial charge in [0.2, 0.25) is 5.89 Å². The summed E-state index contributed by atoms with van der Waals surface area (Å²) in [5.74, 6) is -1.57. The number of carbonyl (C=O) groups is 1. The monoisotopic (exact) mass is 462 g/mol. The lowest BCUT2D eigenvalue weighted by molar-refractivity contribution is -0.170. The molecule has 0 bridgehead atoms. The average Bonchev–Trinajstić information content (AvgIpc) is 3.11. The maximum absolute atomic E-state index is 12.9. The van der Waals surface area contributed by atoms with Gasteiger partial charge in [-0.2, -0.15) is 13.2 Å². The second-order valence-electron chi connectivity index (χ2n) is 6.36. The number of fused-ring (bicyclic) bond motifs is 2. The molecule has 0 aliphatic heterocycles. The van der Waals surface area contributed by atoms with E-state index < -0.39 is 12.1 Å². The van der Waals surface area contributed by atoms with E-state index in [2.05, 4.69) is 20.9 Å². The molecule has 0 radical (unpaired) electrons. The van der Waals surface area contributed by atoms with E-state index in [4.69, 9.17) is 4.42 Å². The fourth-order valence-electron chi connectivity index (χ4n) is 3.25. The number of hydrogen-bond donors (Lipinski definition) is 0. The number of carbonyl (C=O) groups excluding carboxylic acids is 1. The molecule has 4 aromatic rings. The number of benzene rings is 3. The van der Waals surface area contributed by atoms with Crippen LogP contribution in [0.15, 0.2) is 63.5 Å². The van der Waals surface area contributed by atoms with E-state index in [-0.39, 0.29) is 12.2 Å². The molecular weight excluding hydrogens is 449 g/mol. The minimum atomic E-state index is -4.95. The molecule has 0 atom stereocenters. The molecule has 0 unspecified atom stereocenters. The first-order valence-corrected chi connectivity index (χ1v) is 9.56. The Hall–Kier alpha value is -2.87. The Bertz CT molecular complexity index is 1230. The molecule has 1 amide bonds. The first-order chi connectivity index (χ1) is 13.8. The lowest BCUT2D eigenvalue weighted by atomic mass is 10.0. The van der Waals surface area contributed by atoms with Crippen LogP contribution in [-0.2, 0) is 4.79 Å². The molecule has 0 aliphatic carbocycles. The molecule has 0 spiro atoms. The zero-order chi connectivity index (χ0) is 20.8. The van der Waals surface area contributed by atoms with Crippen molar-refractivity contribution >= 4 is 49.4 Å². The van der Waals surface area contributed by atoms with Crippen molar-refractivity contribution in [3.63, 3.8) is 0 Å². The van der Waals surface area contributed by atoms with Crippen molar-refractivity contribution < 1.29 is 22.4 Å². The summed E-state index contributed by atoms with van der Waals surface area (Å²) in [5.41, 5.74) is 1.66. The number of alkyl halides is 3. The van der Waals surface area contributed by atoms with Gasteiger partial charge in [-0.05, 0) is 42.0 Å². The molecular formula is C21H14BrF3N2O2. The SMILES string of the molecule is CCN(C(=O)C(F)(F)F)c1ccc2nc(-c3cccc4c(Br)cccc34)oc2c1. The number of nitrogens with zero attached hydrogens (tertiary/aromatic N) is 2. The molecule has 29 heavy (non-hydrogen) atoms. The third-order valence-electron chi connectivity index (χ3n) is 4.59. The topological polar surface area (TPSA) is 46.3 Å². The lowest BCUT2D eigenvalue weighted by Crippen LogP contribution is -2.41. The highest BCUT2D eigenvalue weighted by Gasteiger charge is 2.42. The van der Waals surface area contributed by atoms with Crippen molar-refractivity contribution in [2.24, 2.45) is 0 Å². The van der Waals surface area contributed by atoms with E-state index in [1.807, 2.05) is 36.4 Å². The predicted octanol–water partition coefficient (Wildman–Crippen LogP) is 6.33. The summed E-state index contributed by atoms with van der Waals surface area (Å²) >= 11 is 3.52. The van der Waals surface area contributed by atoms with Gasteiger partial charge in [0.1, 0.15) is 5.52 Å². The Balaban J connectivity index is 1.81. The number of halogens is 4. The average molecular weight is 463 g/mol. The number of oxazole rings is 1. The van der Waals surface area contributed by atoms with Crippen LogP contribution in [0.2, 0.25) is 0 Å². The van der Waals surface area contributed by atoms with E-state index in [0.717, 1.165) is 20.8 Å². The summed E-state index contributed by atoms with van der Waals surface area (Å²) in [7, 11) is 0. The normalized spacial score (nSPS) is 11.9. The lowest BCUT2D eigenvalue weighted by Gasteiger charge is -2.21. The second-order valence-corrected chi connectivity index (χ2v) is 7.21.